The number of methoxy groups -OCH3 is 1. The molecule has 0 aliphatic carbocycles. The molecular weight excluding hydrogens is 369 g/mol. The van der Waals surface area contributed by atoms with Crippen molar-refractivity contribution in [3.8, 4) is 22.7 Å². The van der Waals surface area contributed by atoms with Gasteiger partial charge in [0.05, 0.1) is 19.4 Å². The molecule has 3 aromatic rings. The van der Waals surface area contributed by atoms with E-state index in [1.54, 1.807) is 30.0 Å². The summed E-state index contributed by atoms with van der Waals surface area (Å²) in [7, 11) is 1.64. The molecular formula is C23H26FN3O2. The second-order valence-corrected chi connectivity index (χ2v) is 7.43. The van der Waals surface area contributed by atoms with Crippen molar-refractivity contribution in [1.29, 1.82) is 0 Å². The molecule has 2 heterocycles. The van der Waals surface area contributed by atoms with Gasteiger partial charge in [0.1, 0.15) is 17.3 Å². The van der Waals surface area contributed by atoms with Crippen LogP contribution >= 0.6 is 0 Å². The summed E-state index contributed by atoms with van der Waals surface area (Å²) in [4.78, 5) is 2.30. The standard InChI is InChI=1S/C23H26FN3O2/c1-29-20-11-9-17(10-12-20)23-18(14-26-13-5-4-6-19(26)16-28)15-27(25-23)22-8-3-2-7-21(22)24/h2-3,7-12,15,19,28H,4-6,13-14,16H2,1H3/t19-/m0/s1. The van der Waals surface area contributed by atoms with Crippen LogP contribution in [0.3, 0.4) is 0 Å². The van der Waals surface area contributed by atoms with Gasteiger partial charge in [0.2, 0.25) is 0 Å². The minimum absolute atomic E-state index is 0.152. The second-order valence-electron chi connectivity index (χ2n) is 7.43. The van der Waals surface area contributed by atoms with Gasteiger partial charge in [-0.2, -0.15) is 5.10 Å². The Bertz CT molecular complexity index is 955. The van der Waals surface area contributed by atoms with Crippen LogP contribution in [0.5, 0.6) is 5.75 Å². The highest BCUT2D eigenvalue weighted by molar-refractivity contribution is 5.64. The molecule has 1 aliphatic rings. The molecule has 0 bridgehead atoms. The van der Waals surface area contributed by atoms with Crippen molar-refractivity contribution in [3.05, 3.63) is 66.1 Å². The Morgan fingerprint density at radius 3 is 2.66 bits per heavy atom. The number of halogens is 1. The number of para-hydroxylation sites is 1. The molecule has 0 amide bonds. The largest absolute Gasteiger partial charge is 0.497 e. The molecule has 0 unspecified atom stereocenters. The second kappa shape index (κ2) is 8.76. The van der Waals surface area contributed by atoms with E-state index >= 15 is 0 Å². The third-order valence-electron chi connectivity index (χ3n) is 5.59. The number of benzene rings is 2. The molecule has 1 aromatic heterocycles. The van der Waals surface area contributed by atoms with E-state index in [1.807, 2.05) is 30.5 Å². The molecule has 1 atom stereocenters. The van der Waals surface area contributed by atoms with Crippen molar-refractivity contribution < 1.29 is 14.2 Å². The van der Waals surface area contributed by atoms with E-state index < -0.39 is 0 Å². The van der Waals surface area contributed by atoms with Gasteiger partial charge in [-0.25, -0.2) is 9.07 Å². The van der Waals surface area contributed by atoms with E-state index in [1.165, 1.54) is 6.07 Å². The Hall–Kier alpha value is -2.70. The highest BCUT2D eigenvalue weighted by Gasteiger charge is 2.24. The first-order valence-corrected chi connectivity index (χ1v) is 10.0. The van der Waals surface area contributed by atoms with Crippen molar-refractivity contribution in [2.75, 3.05) is 20.3 Å². The molecule has 1 saturated heterocycles. The molecule has 29 heavy (non-hydrogen) atoms. The predicted molar refractivity (Wildman–Crippen MR) is 111 cm³/mol. The summed E-state index contributed by atoms with van der Waals surface area (Å²) < 4.78 is 21.2. The molecule has 4 rings (SSSR count). The fourth-order valence-corrected chi connectivity index (χ4v) is 3.97. The molecule has 1 aliphatic heterocycles. The summed E-state index contributed by atoms with van der Waals surface area (Å²) in [5.74, 6) is 0.467. The average molecular weight is 395 g/mol. The Labute approximate surface area is 170 Å². The van der Waals surface area contributed by atoms with Crippen molar-refractivity contribution in [2.45, 2.75) is 31.8 Å². The average Bonchev–Trinajstić information content (AvgIpc) is 3.18. The predicted octanol–water partition coefficient (Wildman–Crippen LogP) is 4.03. The lowest BCUT2D eigenvalue weighted by Crippen LogP contribution is -2.41. The zero-order chi connectivity index (χ0) is 20.2. The number of aromatic nitrogens is 2. The maximum absolute atomic E-state index is 14.4. The van der Waals surface area contributed by atoms with Crippen LogP contribution in [-0.2, 0) is 6.54 Å². The fraction of sp³-hybridized carbons (Fsp3) is 0.348. The van der Waals surface area contributed by atoms with Gasteiger partial charge in [-0.3, -0.25) is 4.90 Å². The summed E-state index contributed by atoms with van der Waals surface area (Å²) in [6.07, 6.45) is 5.16. The van der Waals surface area contributed by atoms with Crippen molar-refractivity contribution in [1.82, 2.24) is 14.7 Å². The molecule has 1 fully saturated rings. The van der Waals surface area contributed by atoms with Gasteiger partial charge in [0.25, 0.3) is 0 Å². The maximum atomic E-state index is 14.4. The Kier molecular flexibility index (Phi) is 5.92. The molecule has 6 heteroatoms. The summed E-state index contributed by atoms with van der Waals surface area (Å²) >= 11 is 0. The quantitative estimate of drug-likeness (QED) is 0.685. The van der Waals surface area contributed by atoms with Gasteiger partial charge in [-0.15, -0.1) is 0 Å². The van der Waals surface area contributed by atoms with E-state index in [4.69, 9.17) is 9.84 Å². The van der Waals surface area contributed by atoms with Crippen LogP contribution in [0.25, 0.3) is 16.9 Å². The van der Waals surface area contributed by atoms with E-state index in [0.29, 0.717) is 12.2 Å². The minimum Gasteiger partial charge on any atom is -0.497 e. The monoisotopic (exact) mass is 395 g/mol. The van der Waals surface area contributed by atoms with Gasteiger partial charge in [0, 0.05) is 29.9 Å². The van der Waals surface area contributed by atoms with Gasteiger partial charge < -0.3 is 9.84 Å². The van der Waals surface area contributed by atoms with Crippen LogP contribution in [0, 0.1) is 5.82 Å². The van der Waals surface area contributed by atoms with Crippen molar-refractivity contribution >= 4 is 0 Å². The fourth-order valence-electron chi connectivity index (χ4n) is 3.97. The van der Waals surface area contributed by atoms with Gasteiger partial charge in [0.15, 0.2) is 0 Å². The lowest BCUT2D eigenvalue weighted by molar-refractivity contribution is 0.0842. The van der Waals surface area contributed by atoms with E-state index in [-0.39, 0.29) is 18.5 Å². The van der Waals surface area contributed by atoms with Crippen LogP contribution in [0.4, 0.5) is 4.39 Å². The maximum Gasteiger partial charge on any atom is 0.148 e. The lowest BCUT2D eigenvalue weighted by atomic mass is 10.0. The number of nitrogens with zero attached hydrogens (tertiary/aromatic N) is 3. The third kappa shape index (κ3) is 4.18. The number of hydrogen-bond acceptors (Lipinski definition) is 4. The number of hydrogen-bond donors (Lipinski definition) is 1. The smallest absolute Gasteiger partial charge is 0.148 e. The van der Waals surface area contributed by atoms with E-state index in [0.717, 1.165) is 48.4 Å². The molecule has 0 spiro atoms. The highest BCUT2D eigenvalue weighted by Crippen LogP contribution is 2.29. The summed E-state index contributed by atoms with van der Waals surface area (Å²) in [6, 6.07) is 14.5. The SMILES string of the molecule is COc1ccc(-c2nn(-c3ccccc3F)cc2CN2CCCC[C@H]2CO)cc1. The molecule has 0 radical (unpaired) electrons. The zero-order valence-electron chi connectivity index (χ0n) is 16.6. The molecule has 152 valence electrons. The van der Waals surface area contributed by atoms with Crippen LogP contribution in [0.15, 0.2) is 54.7 Å². The van der Waals surface area contributed by atoms with Gasteiger partial charge in [-0.1, -0.05) is 18.6 Å². The number of rotatable bonds is 6. The molecule has 5 nitrogen and oxygen atoms in total. The van der Waals surface area contributed by atoms with Gasteiger partial charge in [-0.05, 0) is 55.8 Å². The number of aliphatic hydroxyl groups is 1. The molecule has 1 N–H and O–H groups in total. The van der Waals surface area contributed by atoms with Crippen LogP contribution < -0.4 is 4.74 Å². The van der Waals surface area contributed by atoms with Crippen molar-refractivity contribution in [2.24, 2.45) is 0 Å². The van der Waals surface area contributed by atoms with Gasteiger partial charge >= 0.3 is 0 Å². The first-order chi connectivity index (χ1) is 14.2. The Morgan fingerprint density at radius 2 is 1.93 bits per heavy atom. The molecule has 0 saturated carbocycles. The highest BCUT2D eigenvalue weighted by atomic mass is 19.1. The van der Waals surface area contributed by atoms with Crippen LogP contribution in [0.2, 0.25) is 0 Å². The summed E-state index contributed by atoms with van der Waals surface area (Å²) in [5.41, 5.74) is 3.20. The van der Waals surface area contributed by atoms with E-state index in [2.05, 4.69) is 4.90 Å². The first-order valence-electron chi connectivity index (χ1n) is 10.0. The van der Waals surface area contributed by atoms with Crippen LogP contribution in [0.1, 0.15) is 24.8 Å². The summed E-state index contributed by atoms with van der Waals surface area (Å²) in [5, 5.41) is 14.5. The normalized spacial score (nSPS) is 17.4. The summed E-state index contributed by atoms with van der Waals surface area (Å²) in [6.45, 7) is 1.76. The Morgan fingerprint density at radius 1 is 1.14 bits per heavy atom. The topological polar surface area (TPSA) is 50.5 Å². The van der Waals surface area contributed by atoms with Crippen LogP contribution in [-0.4, -0.2) is 46.1 Å². The number of likely N-dealkylation sites (tertiary alicyclic amines) is 1. The minimum atomic E-state index is -0.311. The van der Waals surface area contributed by atoms with Crippen molar-refractivity contribution in [3.63, 3.8) is 0 Å². The lowest BCUT2D eigenvalue weighted by Gasteiger charge is -2.34. The van der Waals surface area contributed by atoms with E-state index in [9.17, 15) is 9.50 Å². The number of aliphatic hydroxyl groups excluding tert-OH is 1. The first kappa shape index (κ1) is 19.6. The number of piperidine rings is 1. The molecule has 2 aromatic carbocycles. The Balaban J connectivity index is 1.74. The third-order valence-corrected chi connectivity index (χ3v) is 5.59. The number of ether oxygens (including phenoxy) is 1. The zero-order valence-corrected chi connectivity index (χ0v) is 16.6.